The number of carbonyl (C=O) groups excluding carboxylic acids is 2. The minimum absolute atomic E-state index is 0.101. The predicted octanol–water partition coefficient (Wildman–Crippen LogP) is 2.69. The van der Waals surface area contributed by atoms with Crippen LogP contribution in [0, 0.1) is 5.41 Å². The van der Waals surface area contributed by atoms with Crippen molar-refractivity contribution in [2.24, 2.45) is 11.1 Å². The fourth-order valence-electron chi connectivity index (χ4n) is 2.71. The summed E-state index contributed by atoms with van der Waals surface area (Å²) in [5.74, 6) is 0.153. The van der Waals surface area contributed by atoms with Gasteiger partial charge in [-0.3, -0.25) is 4.79 Å². The molecule has 0 atom stereocenters. The highest BCUT2D eigenvalue weighted by atomic mass is 16.2. The van der Waals surface area contributed by atoms with Gasteiger partial charge < -0.3 is 16.4 Å². The molecule has 0 radical (unpaired) electrons. The normalized spacial score (nSPS) is 15.5. The summed E-state index contributed by atoms with van der Waals surface area (Å²) in [4.78, 5) is 22.6. The molecule has 0 heterocycles. The van der Waals surface area contributed by atoms with Gasteiger partial charge in [0, 0.05) is 18.5 Å². The Kier molecular flexibility index (Phi) is 8.16. The van der Waals surface area contributed by atoms with E-state index in [-0.39, 0.29) is 11.3 Å². The Bertz CT molecular complexity index is 327. The number of hydrogen-bond acceptors (Lipinski definition) is 2. The van der Waals surface area contributed by atoms with E-state index in [4.69, 9.17) is 5.73 Å². The molecule has 0 unspecified atom stereocenters. The molecule has 3 amide bonds. The van der Waals surface area contributed by atoms with E-state index in [0.717, 1.165) is 25.7 Å². The molecule has 1 aliphatic carbocycles. The smallest absolute Gasteiger partial charge is 0.312 e. The molecular formula is C16H31N3O2. The Hall–Kier alpha value is -1.26. The van der Waals surface area contributed by atoms with Gasteiger partial charge in [-0.1, -0.05) is 51.9 Å². The Labute approximate surface area is 128 Å². The van der Waals surface area contributed by atoms with Crippen LogP contribution in [-0.4, -0.2) is 25.0 Å². The molecule has 1 rings (SSSR count). The number of primary amides is 1. The summed E-state index contributed by atoms with van der Waals surface area (Å²) >= 11 is 0. The van der Waals surface area contributed by atoms with Gasteiger partial charge in [-0.25, -0.2) is 4.79 Å². The van der Waals surface area contributed by atoms with Crippen LogP contribution in [0.2, 0.25) is 0 Å². The van der Waals surface area contributed by atoms with Gasteiger partial charge in [0.1, 0.15) is 0 Å². The highest BCUT2D eigenvalue weighted by Gasteiger charge is 2.48. The first-order valence-corrected chi connectivity index (χ1v) is 8.42. The summed E-state index contributed by atoms with van der Waals surface area (Å²) in [6, 6.07) is -0.548. The molecule has 21 heavy (non-hydrogen) atoms. The van der Waals surface area contributed by atoms with Crippen molar-refractivity contribution in [2.75, 3.05) is 13.1 Å². The largest absolute Gasteiger partial charge is 0.354 e. The molecule has 0 aliphatic heterocycles. The molecule has 0 saturated heterocycles. The molecule has 4 N–H and O–H groups in total. The zero-order chi connectivity index (χ0) is 15.6. The molecule has 0 aromatic carbocycles. The molecule has 5 nitrogen and oxygen atoms in total. The number of unbranched alkanes of at least 4 members (excludes halogenated alkanes) is 6. The minimum Gasteiger partial charge on any atom is -0.354 e. The number of nitrogens with two attached hydrogens (primary N) is 1. The van der Waals surface area contributed by atoms with Gasteiger partial charge in [0.2, 0.25) is 5.91 Å². The van der Waals surface area contributed by atoms with Crippen LogP contribution in [-0.2, 0) is 4.79 Å². The first-order valence-electron chi connectivity index (χ1n) is 8.42. The molecule has 1 fully saturated rings. The van der Waals surface area contributed by atoms with Crippen molar-refractivity contribution in [1.82, 2.24) is 10.6 Å². The van der Waals surface area contributed by atoms with Crippen molar-refractivity contribution in [3.8, 4) is 0 Å². The van der Waals surface area contributed by atoms with Crippen LogP contribution in [0.15, 0.2) is 0 Å². The Balaban J connectivity index is 2.04. The first-order chi connectivity index (χ1) is 10.1. The van der Waals surface area contributed by atoms with Gasteiger partial charge in [-0.15, -0.1) is 0 Å². The second-order valence-electron chi connectivity index (χ2n) is 6.20. The van der Waals surface area contributed by atoms with Crippen LogP contribution in [0.5, 0.6) is 0 Å². The zero-order valence-corrected chi connectivity index (χ0v) is 13.4. The lowest BCUT2D eigenvalue weighted by molar-refractivity contribution is -0.126. The molecule has 1 aliphatic rings. The molecule has 0 bridgehead atoms. The van der Waals surface area contributed by atoms with Crippen molar-refractivity contribution >= 4 is 11.9 Å². The summed E-state index contributed by atoms with van der Waals surface area (Å²) in [5.41, 5.74) is 4.87. The molecule has 0 aromatic rings. The third-order valence-corrected chi connectivity index (χ3v) is 4.30. The van der Waals surface area contributed by atoms with E-state index in [1.807, 2.05) is 0 Å². The SMILES string of the molecule is CCCCCCCCCC1(C(=O)NCCNC(N)=O)CC1. The van der Waals surface area contributed by atoms with Crippen LogP contribution >= 0.6 is 0 Å². The Morgan fingerprint density at radius 1 is 0.952 bits per heavy atom. The molecular weight excluding hydrogens is 266 g/mol. The average molecular weight is 297 g/mol. The maximum absolute atomic E-state index is 12.1. The highest BCUT2D eigenvalue weighted by Crippen LogP contribution is 2.50. The quantitative estimate of drug-likeness (QED) is 0.484. The minimum atomic E-state index is -0.548. The fraction of sp³-hybridized carbons (Fsp3) is 0.875. The summed E-state index contributed by atoms with van der Waals surface area (Å²) in [6.45, 7) is 3.09. The average Bonchev–Trinajstić information content (AvgIpc) is 3.23. The molecule has 0 aromatic heterocycles. The number of carbonyl (C=O) groups is 2. The van der Waals surface area contributed by atoms with E-state index >= 15 is 0 Å². The molecule has 122 valence electrons. The van der Waals surface area contributed by atoms with E-state index in [9.17, 15) is 9.59 Å². The zero-order valence-electron chi connectivity index (χ0n) is 13.4. The van der Waals surface area contributed by atoms with Crippen molar-refractivity contribution in [3.05, 3.63) is 0 Å². The van der Waals surface area contributed by atoms with E-state index in [1.54, 1.807) is 0 Å². The second-order valence-corrected chi connectivity index (χ2v) is 6.20. The number of amides is 3. The lowest BCUT2D eigenvalue weighted by Gasteiger charge is -2.15. The lowest BCUT2D eigenvalue weighted by Crippen LogP contribution is -2.39. The Morgan fingerprint density at radius 3 is 2.10 bits per heavy atom. The van der Waals surface area contributed by atoms with Gasteiger partial charge in [-0.05, 0) is 19.3 Å². The Morgan fingerprint density at radius 2 is 1.52 bits per heavy atom. The van der Waals surface area contributed by atoms with Gasteiger partial charge in [0.15, 0.2) is 0 Å². The summed E-state index contributed by atoms with van der Waals surface area (Å²) in [6.07, 6.45) is 12.0. The van der Waals surface area contributed by atoms with E-state index in [2.05, 4.69) is 17.6 Å². The van der Waals surface area contributed by atoms with Crippen LogP contribution in [0.4, 0.5) is 4.79 Å². The molecule has 0 spiro atoms. The van der Waals surface area contributed by atoms with Gasteiger partial charge >= 0.3 is 6.03 Å². The van der Waals surface area contributed by atoms with Crippen molar-refractivity contribution < 1.29 is 9.59 Å². The van der Waals surface area contributed by atoms with Crippen LogP contribution in [0.25, 0.3) is 0 Å². The van der Waals surface area contributed by atoms with E-state index in [0.29, 0.717) is 13.1 Å². The number of hydrogen-bond donors (Lipinski definition) is 3. The maximum atomic E-state index is 12.1. The van der Waals surface area contributed by atoms with E-state index < -0.39 is 6.03 Å². The van der Waals surface area contributed by atoms with Gasteiger partial charge in [-0.2, -0.15) is 0 Å². The fourth-order valence-corrected chi connectivity index (χ4v) is 2.71. The number of urea groups is 1. The van der Waals surface area contributed by atoms with Crippen molar-refractivity contribution in [1.29, 1.82) is 0 Å². The maximum Gasteiger partial charge on any atom is 0.312 e. The highest BCUT2D eigenvalue weighted by molar-refractivity contribution is 5.85. The summed E-state index contributed by atoms with van der Waals surface area (Å²) < 4.78 is 0. The predicted molar refractivity (Wildman–Crippen MR) is 84.9 cm³/mol. The van der Waals surface area contributed by atoms with Crippen molar-refractivity contribution in [3.63, 3.8) is 0 Å². The van der Waals surface area contributed by atoms with Gasteiger partial charge in [0.25, 0.3) is 0 Å². The van der Waals surface area contributed by atoms with E-state index in [1.165, 1.54) is 38.5 Å². The van der Waals surface area contributed by atoms with Crippen LogP contribution in [0.1, 0.15) is 71.1 Å². The van der Waals surface area contributed by atoms with Gasteiger partial charge in [0.05, 0.1) is 0 Å². The topological polar surface area (TPSA) is 84.2 Å². The lowest BCUT2D eigenvalue weighted by atomic mass is 9.96. The standard InChI is InChI=1S/C16H31N3O2/c1-2-3-4-5-6-7-8-9-16(10-11-16)14(20)18-12-13-19-15(17)21/h2-13H2,1H3,(H,18,20)(H3,17,19,21). The number of nitrogens with one attached hydrogen (secondary N) is 2. The van der Waals surface area contributed by atoms with Crippen LogP contribution < -0.4 is 16.4 Å². The summed E-state index contributed by atoms with van der Waals surface area (Å²) in [5, 5.41) is 5.37. The molecule has 5 heteroatoms. The number of rotatable bonds is 12. The third kappa shape index (κ3) is 7.34. The monoisotopic (exact) mass is 297 g/mol. The second kappa shape index (κ2) is 9.64. The van der Waals surface area contributed by atoms with Crippen LogP contribution in [0.3, 0.4) is 0 Å². The molecule has 1 saturated carbocycles. The first kappa shape index (κ1) is 17.8. The third-order valence-electron chi connectivity index (χ3n) is 4.30. The summed E-state index contributed by atoms with van der Waals surface area (Å²) in [7, 11) is 0. The van der Waals surface area contributed by atoms with Crippen molar-refractivity contribution in [2.45, 2.75) is 71.1 Å².